The Kier molecular flexibility index (Phi) is 4.78. The average Bonchev–Trinajstić information content (AvgIpc) is 3.33. The number of carbonyl (C=O) groups is 1. The Bertz CT molecular complexity index is 860. The van der Waals surface area contributed by atoms with Crippen LogP contribution in [0.25, 0.3) is 5.69 Å². The predicted molar refractivity (Wildman–Crippen MR) is 99.9 cm³/mol. The van der Waals surface area contributed by atoms with Crippen LogP contribution in [0.3, 0.4) is 0 Å². The lowest BCUT2D eigenvalue weighted by Crippen LogP contribution is -2.30. The SMILES string of the molecule is O=C(Cc1ccccc1)N1CCC(Cc2nncn2-c2ccccc2)C1. The summed E-state index contributed by atoms with van der Waals surface area (Å²) >= 11 is 0. The normalized spacial score (nSPS) is 16.8. The number of para-hydroxylation sites is 1. The van der Waals surface area contributed by atoms with Gasteiger partial charge in [-0.25, -0.2) is 0 Å². The summed E-state index contributed by atoms with van der Waals surface area (Å²) in [6.45, 7) is 1.63. The lowest BCUT2D eigenvalue weighted by atomic mass is 10.0. The molecule has 1 amide bonds. The average molecular weight is 346 g/mol. The molecule has 0 N–H and O–H groups in total. The number of carbonyl (C=O) groups excluding carboxylic acids is 1. The Morgan fingerprint density at radius 2 is 1.77 bits per heavy atom. The van der Waals surface area contributed by atoms with Gasteiger partial charge in [0.15, 0.2) is 0 Å². The highest BCUT2D eigenvalue weighted by Gasteiger charge is 2.27. The third kappa shape index (κ3) is 3.67. The smallest absolute Gasteiger partial charge is 0.226 e. The van der Waals surface area contributed by atoms with Gasteiger partial charge in [-0.3, -0.25) is 9.36 Å². The molecule has 1 aromatic heterocycles. The van der Waals surface area contributed by atoms with Crippen LogP contribution in [0, 0.1) is 5.92 Å². The molecule has 0 spiro atoms. The van der Waals surface area contributed by atoms with Crippen molar-refractivity contribution >= 4 is 5.91 Å². The lowest BCUT2D eigenvalue weighted by Gasteiger charge is -2.17. The molecular formula is C21H22N4O. The van der Waals surface area contributed by atoms with Crippen LogP contribution in [0.5, 0.6) is 0 Å². The third-order valence-corrected chi connectivity index (χ3v) is 4.96. The standard InChI is InChI=1S/C21H22N4O/c26-21(14-17-7-3-1-4-8-17)24-12-11-18(15-24)13-20-23-22-16-25(20)19-9-5-2-6-10-19/h1-10,16,18H,11-15H2. The fourth-order valence-corrected chi connectivity index (χ4v) is 3.57. The van der Waals surface area contributed by atoms with Gasteiger partial charge in [-0.15, -0.1) is 10.2 Å². The molecular weight excluding hydrogens is 324 g/mol. The van der Waals surface area contributed by atoms with Gasteiger partial charge in [0.1, 0.15) is 12.2 Å². The summed E-state index contributed by atoms with van der Waals surface area (Å²) in [5.41, 5.74) is 2.15. The minimum Gasteiger partial charge on any atom is -0.342 e. The number of rotatable bonds is 5. The van der Waals surface area contributed by atoms with Gasteiger partial charge in [0.05, 0.1) is 6.42 Å². The minimum absolute atomic E-state index is 0.211. The molecule has 4 rings (SSSR count). The second kappa shape index (κ2) is 7.52. The molecule has 1 aliphatic heterocycles. The molecule has 1 saturated heterocycles. The first-order valence-corrected chi connectivity index (χ1v) is 9.05. The van der Waals surface area contributed by atoms with Crippen molar-refractivity contribution in [2.45, 2.75) is 19.3 Å². The zero-order valence-corrected chi connectivity index (χ0v) is 14.7. The monoisotopic (exact) mass is 346 g/mol. The molecule has 0 saturated carbocycles. The summed E-state index contributed by atoms with van der Waals surface area (Å²) in [4.78, 5) is 14.5. The van der Waals surface area contributed by atoms with E-state index >= 15 is 0 Å². The fraction of sp³-hybridized carbons (Fsp3) is 0.286. The maximum Gasteiger partial charge on any atom is 0.226 e. The summed E-state index contributed by atoms with van der Waals surface area (Å²) in [7, 11) is 0. The van der Waals surface area contributed by atoms with E-state index in [1.54, 1.807) is 6.33 Å². The molecule has 1 aliphatic rings. The molecule has 5 nitrogen and oxygen atoms in total. The van der Waals surface area contributed by atoms with Crippen LogP contribution >= 0.6 is 0 Å². The topological polar surface area (TPSA) is 51.0 Å². The van der Waals surface area contributed by atoms with Gasteiger partial charge >= 0.3 is 0 Å². The number of benzene rings is 2. The van der Waals surface area contributed by atoms with E-state index < -0.39 is 0 Å². The zero-order valence-electron chi connectivity index (χ0n) is 14.7. The Morgan fingerprint density at radius 1 is 1.04 bits per heavy atom. The van der Waals surface area contributed by atoms with Crippen LogP contribution in [-0.4, -0.2) is 38.7 Å². The summed E-state index contributed by atoms with van der Waals surface area (Å²) in [6.07, 6.45) is 4.10. The molecule has 1 unspecified atom stereocenters. The minimum atomic E-state index is 0.211. The van der Waals surface area contributed by atoms with Crippen molar-refractivity contribution in [2.75, 3.05) is 13.1 Å². The van der Waals surface area contributed by atoms with Crippen molar-refractivity contribution in [1.82, 2.24) is 19.7 Å². The number of amides is 1. The predicted octanol–water partition coefficient (Wildman–Crippen LogP) is 2.90. The highest BCUT2D eigenvalue weighted by atomic mass is 16.2. The van der Waals surface area contributed by atoms with Crippen molar-refractivity contribution in [3.8, 4) is 5.69 Å². The van der Waals surface area contributed by atoms with Crippen LogP contribution in [0.2, 0.25) is 0 Å². The Morgan fingerprint density at radius 3 is 2.54 bits per heavy atom. The van der Waals surface area contributed by atoms with Gasteiger partial charge in [0, 0.05) is 25.2 Å². The molecule has 2 aromatic carbocycles. The largest absolute Gasteiger partial charge is 0.342 e. The molecule has 5 heteroatoms. The van der Waals surface area contributed by atoms with Gasteiger partial charge in [-0.05, 0) is 30.0 Å². The molecule has 2 heterocycles. The van der Waals surface area contributed by atoms with Crippen LogP contribution < -0.4 is 0 Å². The molecule has 3 aromatic rings. The number of aromatic nitrogens is 3. The van der Waals surface area contributed by atoms with Gasteiger partial charge in [-0.1, -0.05) is 48.5 Å². The van der Waals surface area contributed by atoms with Crippen molar-refractivity contribution in [2.24, 2.45) is 5.92 Å². The first-order valence-electron chi connectivity index (χ1n) is 9.05. The fourth-order valence-electron chi connectivity index (χ4n) is 3.57. The number of hydrogen-bond donors (Lipinski definition) is 0. The van der Waals surface area contributed by atoms with Crippen LogP contribution in [-0.2, 0) is 17.6 Å². The van der Waals surface area contributed by atoms with E-state index in [1.807, 2.05) is 58.0 Å². The molecule has 26 heavy (non-hydrogen) atoms. The second-order valence-corrected chi connectivity index (χ2v) is 6.81. The van der Waals surface area contributed by atoms with E-state index in [4.69, 9.17) is 0 Å². The van der Waals surface area contributed by atoms with Crippen LogP contribution in [0.15, 0.2) is 67.0 Å². The Balaban J connectivity index is 1.38. The molecule has 0 bridgehead atoms. The first-order chi connectivity index (χ1) is 12.8. The van der Waals surface area contributed by atoms with Gasteiger partial charge < -0.3 is 4.90 Å². The van der Waals surface area contributed by atoms with Gasteiger partial charge in [0.2, 0.25) is 5.91 Å². The van der Waals surface area contributed by atoms with E-state index in [0.29, 0.717) is 12.3 Å². The van der Waals surface area contributed by atoms with E-state index in [1.165, 1.54) is 0 Å². The van der Waals surface area contributed by atoms with Crippen LogP contribution in [0.1, 0.15) is 17.8 Å². The summed E-state index contributed by atoms with van der Waals surface area (Å²) in [5.74, 6) is 1.60. The second-order valence-electron chi connectivity index (χ2n) is 6.81. The van der Waals surface area contributed by atoms with Gasteiger partial charge in [-0.2, -0.15) is 0 Å². The summed E-state index contributed by atoms with van der Waals surface area (Å²) in [6, 6.07) is 20.1. The van der Waals surface area contributed by atoms with E-state index in [0.717, 1.165) is 43.0 Å². The van der Waals surface area contributed by atoms with E-state index in [9.17, 15) is 4.79 Å². The lowest BCUT2D eigenvalue weighted by molar-refractivity contribution is -0.129. The van der Waals surface area contributed by atoms with Crippen molar-refractivity contribution < 1.29 is 4.79 Å². The Labute approximate surface area is 153 Å². The van der Waals surface area contributed by atoms with E-state index in [-0.39, 0.29) is 5.91 Å². The number of hydrogen-bond acceptors (Lipinski definition) is 3. The highest BCUT2D eigenvalue weighted by molar-refractivity contribution is 5.79. The quantitative estimate of drug-likeness (QED) is 0.714. The van der Waals surface area contributed by atoms with Crippen molar-refractivity contribution in [1.29, 1.82) is 0 Å². The Hall–Kier alpha value is -2.95. The van der Waals surface area contributed by atoms with E-state index in [2.05, 4.69) is 22.3 Å². The van der Waals surface area contributed by atoms with Crippen molar-refractivity contribution in [3.63, 3.8) is 0 Å². The number of likely N-dealkylation sites (tertiary alicyclic amines) is 1. The van der Waals surface area contributed by atoms with Crippen molar-refractivity contribution in [3.05, 3.63) is 78.4 Å². The van der Waals surface area contributed by atoms with Crippen LogP contribution in [0.4, 0.5) is 0 Å². The molecule has 132 valence electrons. The molecule has 0 radical (unpaired) electrons. The maximum atomic E-state index is 12.5. The third-order valence-electron chi connectivity index (χ3n) is 4.96. The molecule has 1 atom stereocenters. The molecule has 1 fully saturated rings. The highest BCUT2D eigenvalue weighted by Crippen LogP contribution is 2.22. The zero-order chi connectivity index (χ0) is 17.8. The number of nitrogens with zero attached hydrogens (tertiary/aromatic N) is 4. The first kappa shape index (κ1) is 16.5. The maximum absolute atomic E-state index is 12.5. The molecule has 0 aliphatic carbocycles. The summed E-state index contributed by atoms with van der Waals surface area (Å²) in [5, 5.41) is 8.39. The van der Waals surface area contributed by atoms with Gasteiger partial charge in [0.25, 0.3) is 0 Å². The summed E-state index contributed by atoms with van der Waals surface area (Å²) < 4.78 is 2.04.